The minimum atomic E-state index is -1.13. The van der Waals surface area contributed by atoms with E-state index in [1.807, 2.05) is 0 Å². The van der Waals surface area contributed by atoms with Gasteiger partial charge < -0.3 is 15.3 Å². The first-order valence-corrected chi connectivity index (χ1v) is 5.93. The zero-order valence-corrected chi connectivity index (χ0v) is 10.9. The third-order valence-electron chi connectivity index (χ3n) is 2.82. The van der Waals surface area contributed by atoms with Gasteiger partial charge in [-0.15, -0.1) is 0 Å². The number of amides is 1. The Morgan fingerprint density at radius 3 is 2.55 bits per heavy atom. The fourth-order valence-electron chi connectivity index (χ4n) is 1.85. The second-order valence-corrected chi connectivity index (χ2v) is 4.28. The zero-order chi connectivity index (χ0) is 14.7. The summed E-state index contributed by atoms with van der Waals surface area (Å²) in [5.74, 6) is -1.56. The molecule has 2 rings (SSSR count). The fourth-order valence-corrected chi connectivity index (χ4v) is 1.85. The number of carbonyl (C=O) groups excluding carboxylic acids is 1. The van der Waals surface area contributed by atoms with E-state index in [4.69, 9.17) is 15.3 Å². The van der Waals surface area contributed by atoms with E-state index < -0.39 is 18.4 Å². The van der Waals surface area contributed by atoms with Gasteiger partial charge in [-0.25, -0.2) is 0 Å². The van der Waals surface area contributed by atoms with Gasteiger partial charge in [0.25, 0.3) is 5.91 Å². The van der Waals surface area contributed by atoms with Crippen LogP contribution in [-0.2, 0) is 4.79 Å². The van der Waals surface area contributed by atoms with Crippen molar-refractivity contribution in [3.8, 4) is 0 Å². The molecule has 1 aromatic carbocycles. The van der Waals surface area contributed by atoms with Gasteiger partial charge in [-0.1, -0.05) is 12.1 Å². The Hall–Kier alpha value is -2.76. The molecule has 20 heavy (non-hydrogen) atoms. The maximum atomic E-state index is 12.4. The third-order valence-corrected chi connectivity index (χ3v) is 2.82. The molecule has 0 fully saturated rings. The summed E-state index contributed by atoms with van der Waals surface area (Å²) >= 11 is 0. The van der Waals surface area contributed by atoms with Crippen molar-refractivity contribution in [1.82, 2.24) is 0 Å². The molecule has 0 aliphatic heterocycles. The number of anilines is 2. The van der Waals surface area contributed by atoms with Crippen LogP contribution >= 0.6 is 0 Å². The van der Waals surface area contributed by atoms with Crippen molar-refractivity contribution in [3.05, 3.63) is 47.9 Å². The number of aliphatic carboxylic acids is 1. The summed E-state index contributed by atoms with van der Waals surface area (Å²) in [5.41, 5.74) is 7.12. The number of nitrogens with two attached hydrogens (primary N) is 1. The molecule has 0 bridgehead atoms. The predicted octanol–water partition coefficient (Wildman–Crippen LogP) is 1.90. The third kappa shape index (κ3) is 2.64. The molecule has 104 valence electrons. The number of rotatable bonds is 4. The first kappa shape index (κ1) is 13.7. The molecular weight excluding hydrogens is 260 g/mol. The molecule has 0 spiro atoms. The van der Waals surface area contributed by atoms with E-state index in [0.29, 0.717) is 16.9 Å². The summed E-state index contributed by atoms with van der Waals surface area (Å²) in [4.78, 5) is 24.5. The molecule has 1 aromatic heterocycles. The monoisotopic (exact) mass is 274 g/mol. The van der Waals surface area contributed by atoms with Crippen LogP contribution in [-0.4, -0.2) is 23.5 Å². The van der Waals surface area contributed by atoms with Gasteiger partial charge >= 0.3 is 5.97 Å². The van der Waals surface area contributed by atoms with Crippen LogP contribution in [0.15, 0.2) is 41.0 Å². The van der Waals surface area contributed by atoms with E-state index in [2.05, 4.69) is 0 Å². The summed E-state index contributed by atoms with van der Waals surface area (Å²) in [5, 5.41) is 8.99. The number of furan rings is 1. The van der Waals surface area contributed by atoms with Gasteiger partial charge in [0.2, 0.25) is 0 Å². The smallest absolute Gasteiger partial charge is 0.323 e. The van der Waals surface area contributed by atoms with Crippen LogP contribution in [0.2, 0.25) is 0 Å². The number of aryl methyl sites for hydroxylation is 1. The number of hydrogen-bond acceptors (Lipinski definition) is 4. The number of nitrogen functional groups attached to an aromatic ring is 1. The van der Waals surface area contributed by atoms with Crippen LogP contribution in [0.5, 0.6) is 0 Å². The van der Waals surface area contributed by atoms with E-state index in [1.165, 1.54) is 6.26 Å². The molecule has 0 saturated carbocycles. The first-order valence-electron chi connectivity index (χ1n) is 5.93. The number of carbonyl (C=O) groups is 2. The summed E-state index contributed by atoms with van der Waals surface area (Å²) in [7, 11) is 0. The first-order chi connectivity index (χ1) is 9.50. The number of para-hydroxylation sites is 2. The molecule has 1 heterocycles. The summed E-state index contributed by atoms with van der Waals surface area (Å²) < 4.78 is 5.13. The fraction of sp³-hybridized carbons (Fsp3) is 0.143. The number of carboxylic acids is 1. The highest BCUT2D eigenvalue weighted by molar-refractivity contribution is 6.08. The van der Waals surface area contributed by atoms with E-state index in [1.54, 1.807) is 37.3 Å². The normalized spacial score (nSPS) is 10.2. The van der Waals surface area contributed by atoms with Crippen molar-refractivity contribution < 1.29 is 19.1 Å². The maximum absolute atomic E-state index is 12.4. The molecule has 2 aromatic rings. The van der Waals surface area contributed by atoms with Crippen LogP contribution < -0.4 is 10.6 Å². The second-order valence-electron chi connectivity index (χ2n) is 4.28. The largest absolute Gasteiger partial charge is 0.480 e. The number of benzene rings is 1. The lowest BCUT2D eigenvalue weighted by molar-refractivity contribution is -0.135. The van der Waals surface area contributed by atoms with Gasteiger partial charge in [0.05, 0.1) is 17.6 Å². The van der Waals surface area contributed by atoms with Gasteiger partial charge in [-0.3, -0.25) is 14.5 Å². The van der Waals surface area contributed by atoms with Gasteiger partial charge in [-0.2, -0.15) is 0 Å². The minimum Gasteiger partial charge on any atom is -0.480 e. The summed E-state index contributed by atoms with van der Waals surface area (Å²) in [6.07, 6.45) is 1.38. The van der Waals surface area contributed by atoms with Gasteiger partial charge in [0.15, 0.2) is 5.76 Å². The molecule has 0 aliphatic carbocycles. The van der Waals surface area contributed by atoms with Gasteiger partial charge in [0.1, 0.15) is 6.54 Å². The highest BCUT2D eigenvalue weighted by atomic mass is 16.4. The quantitative estimate of drug-likeness (QED) is 0.830. The highest BCUT2D eigenvalue weighted by Gasteiger charge is 2.25. The average molecular weight is 274 g/mol. The van der Waals surface area contributed by atoms with Crippen molar-refractivity contribution in [1.29, 1.82) is 0 Å². The van der Waals surface area contributed by atoms with E-state index in [0.717, 1.165) is 4.90 Å². The number of carboxylic acid groups (broad SMARTS) is 1. The topological polar surface area (TPSA) is 96.8 Å². The Kier molecular flexibility index (Phi) is 3.74. The van der Waals surface area contributed by atoms with Crippen molar-refractivity contribution in [2.75, 3.05) is 17.2 Å². The molecule has 3 N–H and O–H groups in total. The number of nitrogens with zero attached hydrogens (tertiary/aromatic N) is 1. The summed E-state index contributed by atoms with van der Waals surface area (Å²) in [6.45, 7) is 1.22. The van der Waals surface area contributed by atoms with Crippen molar-refractivity contribution in [2.24, 2.45) is 0 Å². The maximum Gasteiger partial charge on any atom is 0.323 e. The zero-order valence-electron chi connectivity index (χ0n) is 10.9. The van der Waals surface area contributed by atoms with Crippen LogP contribution in [0.1, 0.15) is 16.1 Å². The predicted molar refractivity (Wildman–Crippen MR) is 73.6 cm³/mol. The Labute approximate surface area is 115 Å². The molecular formula is C14H14N2O4. The molecule has 6 heteroatoms. The lowest BCUT2D eigenvalue weighted by Gasteiger charge is -2.21. The molecule has 0 aliphatic rings. The Morgan fingerprint density at radius 1 is 1.30 bits per heavy atom. The van der Waals surface area contributed by atoms with E-state index in [9.17, 15) is 9.59 Å². The van der Waals surface area contributed by atoms with Crippen molar-refractivity contribution in [3.63, 3.8) is 0 Å². The standard InChI is InChI=1S/C14H14N2O4/c1-9-6-7-20-13(9)14(19)16(8-12(17)18)11-5-3-2-4-10(11)15/h2-7H,8,15H2,1H3,(H,17,18). The lowest BCUT2D eigenvalue weighted by atomic mass is 10.2. The van der Waals surface area contributed by atoms with Crippen LogP contribution in [0, 0.1) is 6.92 Å². The van der Waals surface area contributed by atoms with E-state index >= 15 is 0 Å². The van der Waals surface area contributed by atoms with Gasteiger partial charge in [0, 0.05) is 5.56 Å². The SMILES string of the molecule is Cc1ccoc1C(=O)N(CC(=O)O)c1ccccc1N. The highest BCUT2D eigenvalue weighted by Crippen LogP contribution is 2.25. The second kappa shape index (κ2) is 5.48. The molecule has 0 saturated heterocycles. The molecule has 0 atom stereocenters. The lowest BCUT2D eigenvalue weighted by Crippen LogP contribution is -2.36. The minimum absolute atomic E-state index is 0.106. The average Bonchev–Trinajstić information content (AvgIpc) is 2.82. The molecule has 0 unspecified atom stereocenters. The van der Waals surface area contributed by atoms with E-state index in [-0.39, 0.29) is 5.76 Å². The Balaban J connectivity index is 2.43. The van der Waals surface area contributed by atoms with Crippen LogP contribution in [0.25, 0.3) is 0 Å². The molecule has 1 amide bonds. The Bertz CT molecular complexity index is 648. The molecule has 0 radical (unpaired) electrons. The van der Waals surface area contributed by atoms with Crippen LogP contribution in [0.4, 0.5) is 11.4 Å². The van der Waals surface area contributed by atoms with Crippen molar-refractivity contribution in [2.45, 2.75) is 6.92 Å². The van der Waals surface area contributed by atoms with Crippen molar-refractivity contribution >= 4 is 23.3 Å². The van der Waals surface area contributed by atoms with Crippen LogP contribution in [0.3, 0.4) is 0 Å². The number of hydrogen-bond donors (Lipinski definition) is 2. The molecule has 6 nitrogen and oxygen atoms in total. The Morgan fingerprint density at radius 2 is 2.00 bits per heavy atom. The summed E-state index contributed by atoms with van der Waals surface area (Å²) in [6, 6.07) is 8.23. The van der Waals surface area contributed by atoms with Gasteiger partial charge in [-0.05, 0) is 25.1 Å².